The maximum absolute atomic E-state index is 12.6. The first-order chi connectivity index (χ1) is 13.0. The van der Waals surface area contributed by atoms with Crippen molar-refractivity contribution in [1.82, 2.24) is 20.3 Å². The summed E-state index contributed by atoms with van der Waals surface area (Å²) in [5, 5.41) is 6.45. The maximum atomic E-state index is 12.6. The lowest BCUT2D eigenvalue weighted by Crippen LogP contribution is -2.41. The minimum Gasteiger partial charge on any atom is -0.385 e. The molecule has 2 rings (SSSR count). The quantitative estimate of drug-likeness (QED) is 0.477. The van der Waals surface area contributed by atoms with Crippen molar-refractivity contribution in [3.8, 4) is 11.4 Å². The Morgan fingerprint density at radius 1 is 1.26 bits per heavy atom. The first-order valence-corrected chi connectivity index (χ1v) is 9.35. The number of pyridine rings is 1. The number of methoxy groups -OCH3 is 1. The van der Waals surface area contributed by atoms with Crippen LogP contribution < -0.4 is 10.6 Å². The lowest BCUT2D eigenvalue weighted by Gasteiger charge is -2.21. The summed E-state index contributed by atoms with van der Waals surface area (Å²) in [5.41, 5.74) is 0.806. The minimum atomic E-state index is -0.413. The summed E-state index contributed by atoms with van der Waals surface area (Å²) in [6, 6.07) is 4.83. The average molecular weight is 392 g/mol. The fourth-order valence-corrected chi connectivity index (χ4v) is 2.74. The summed E-state index contributed by atoms with van der Waals surface area (Å²) in [6.07, 6.45) is 4.77. The largest absolute Gasteiger partial charge is 0.385 e. The van der Waals surface area contributed by atoms with Gasteiger partial charge in [-0.2, -0.15) is 0 Å². The SMILES string of the molecule is COCCCNC(=O)[C@H](CC(C)C)Nc1cc(Cl)nc(-c2ccncc2)n1. The Morgan fingerprint density at radius 2 is 2.00 bits per heavy atom. The van der Waals surface area contributed by atoms with Crippen LogP contribution in [0.4, 0.5) is 5.82 Å². The molecule has 146 valence electrons. The Morgan fingerprint density at radius 3 is 2.67 bits per heavy atom. The van der Waals surface area contributed by atoms with Crippen molar-refractivity contribution in [1.29, 1.82) is 0 Å². The molecular formula is C19H26ClN5O2. The molecule has 2 N–H and O–H groups in total. The molecule has 0 spiro atoms. The number of carbonyl (C=O) groups is 1. The van der Waals surface area contributed by atoms with E-state index >= 15 is 0 Å². The van der Waals surface area contributed by atoms with Crippen LogP contribution in [-0.4, -0.2) is 47.2 Å². The number of halogens is 1. The second kappa shape index (κ2) is 10.8. The van der Waals surface area contributed by atoms with Gasteiger partial charge in [0.15, 0.2) is 5.82 Å². The third-order valence-corrected chi connectivity index (χ3v) is 4.00. The zero-order valence-electron chi connectivity index (χ0n) is 15.9. The van der Waals surface area contributed by atoms with E-state index in [9.17, 15) is 4.79 Å². The minimum absolute atomic E-state index is 0.0694. The number of rotatable bonds is 10. The van der Waals surface area contributed by atoms with Crippen LogP contribution in [0, 0.1) is 5.92 Å². The highest BCUT2D eigenvalue weighted by atomic mass is 35.5. The van der Waals surface area contributed by atoms with Crippen molar-refractivity contribution in [2.75, 3.05) is 25.6 Å². The summed E-state index contributed by atoms with van der Waals surface area (Å²) in [5.74, 6) is 1.26. The lowest BCUT2D eigenvalue weighted by atomic mass is 10.0. The van der Waals surface area contributed by atoms with E-state index in [2.05, 4.69) is 39.4 Å². The monoisotopic (exact) mass is 391 g/mol. The van der Waals surface area contributed by atoms with E-state index in [1.165, 1.54) is 0 Å². The Labute approximate surface area is 164 Å². The van der Waals surface area contributed by atoms with E-state index in [1.807, 2.05) is 12.1 Å². The number of nitrogens with zero attached hydrogens (tertiary/aromatic N) is 3. The predicted octanol–water partition coefficient (Wildman–Crippen LogP) is 3.17. The lowest BCUT2D eigenvalue weighted by molar-refractivity contribution is -0.122. The molecule has 0 aliphatic carbocycles. The Bertz CT molecular complexity index is 727. The van der Waals surface area contributed by atoms with Gasteiger partial charge in [0, 0.05) is 44.3 Å². The van der Waals surface area contributed by atoms with E-state index in [0.29, 0.717) is 42.3 Å². The van der Waals surface area contributed by atoms with Crippen molar-refractivity contribution < 1.29 is 9.53 Å². The van der Waals surface area contributed by atoms with Crippen LogP contribution in [0.5, 0.6) is 0 Å². The van der Waals surface area contributed by atoms with E-state index in [-0.39, 0.29) is 5.91 Å². The summed E-state index contributed by atoms with van der Waals surface area (Å²) in [7, 11) is 1.64. The summed E-state index contributed by atoms with van der Waals surface area (Å²) < 4.78 is 5.01. The number of aromatic nitrogens is 3. The fraction of sp³-hybridized carbons (Fsp3) is 0.474. The topological polar surface area (TPSA) is 89.0 Å². The van der Waals surface area contributed by atoms with Gasteiger partial charge in [0.25, 0.3) is 0 Å². The maximum Gasteiger partial charge on any atom is 0.242 e. The Balaban J connectivity index is 2.14. The van der Waals surface area contributed by atoms with Gasteiger partial charge >= 0.3 is 0 Å². The van der Waals surface area contributed by atoms with Crippen LogP contribution in [0.2, 0.25) is 5.15 Å². The van der Waals surface area contributed by atoms with E-state index in [1.54, 1.807) is 25.6 Å². The number of carbonyl (C=O) groups excluding carboxylic acids is 1. The summed E-state index contributed by atoms with van der Waals surface area (Å²) in [4.78, 5) is 25.4. The number of amides is 1. The van der Waals surface area contributed by atoms with E-state index in [0.717, 1.165) is 12.0 Å². The van der Waals surface area contributed by atoms with E-state index < -0.39 is 6.04 Å². The highest BCUT2D eigenvalue weighted by Gasteiger charge is 2.20. The molecule has 7 nitrogen and oxygen atoms in total. The molecule has 1 atom stereocenters. The van der Waals surface area contributed by atoms with Crippen molar-refractivity contribution in [3.05, 3.63) is 35.7 Å². The fourth-order valence-electron chi connectivity index (χ4n) is 2.55. The van der Waals surface area contributed by atoms with Gasteiger partial charge in [-0.3, -0.25) is 9.78 Å². The molecule has 0 aromatic carbocycles. The third-order valence-electron chi connectivity index (χ3n) is 3.80. The van der Waals surface area contributed by atoms with Crippen molar-refractivity contribution >= 4 is 23.3 Å². The number of hydrogen-bond acceptors (Lipinski definition) is 6. The van der Waals surface area contributed by atoms with Crippen molar-refractivity contribution in [2.45, 2.75) is 32.7 Å². The van der Waals surface area contributed by atoms with Crippen molar-refractivity contribution in [2.24, 2.45) is 5.92 Å². The third kappa shape index (κ3) is 7.11. The Kier molecular flexibility index (Phi) is 8.42. The zero-order valence-corrected chi connectivity index (χ0v) is 16.7. The molecule has 1 amide bonds. The highest BCUT2D eigenvalue weighted by Crippen LogP contribution is 2.21. The van der Waals surface area contributed by atoms with Gasteiger partial charge in [-0.15, -0.1) is 0 Å². The molecule has 2 aromatic rings. The van der Waals surface area contributed by atoms with Gasteiger partial charge in [-0.05, 0) is 30.9 Å². The number of anilines is 1. The highest BCUT2D eigenvalue weighted by molar-refractivity contribution is 6.29. The summed E-state index contributed by atoms with van der Waals surface area (Å²) in [6.45, 7) is 5.32. The molecule has 0 radical (unpaired) electrons. The van der Waals surface area contributed by atoms with Crippen LogP contribution in [0.3, 0.4) is 0 Å². The molecule has 8 heteroatoms. The first kappa shape index (κ1) is 21.1. The van der Waals surface area contributed by atoms with Crippen LogP contribution >= 0.6 is 11.6 Å². The van der Waals surface area contributed by atoms with Gasteiger partial charge in [0.1, 0.15) is 17.0 Å². The number of nitrogens with one attached hydrogen (secondary N) is 2. The van der Waals surface area contributed by atoms with Crippen LogP contribution in [0.1, 0.15) is 26.7 Å². The number of ether oxygens (including phenoxy) is 1. The number of hydrogen-bond donors (Lipinski definition) is 2. The average Bonchev–Trinajstić information content (AvgIpc) is 2.64. The molecule has 0 saturated carbocycles. The van der Waals surface area contributed by atoms with Crippen LogP contribution in [0.25, 0.3) is 11.4 Å². The molecule has 2 heterocycles. The van der Waals surface area contributed by atoms with Gasteiger partial charge in [0.2, 0.25) is 5.91 Å². The van der Waals surface area contributed by atoms with E-state index in [4.69, 9.17) is 16.3 Å². The molecule has 0 aliphatic heterocycles. The smallest absolute Gasteiger partial charge is 0.242 e. The molecule has 0 fully saturated rings. The standard InChI is InChI=1S/C19H26ClN5O2/c1-13(2)11-15(19(26)22-7-4-10-27-3)23-17-12-16(20)24-18(25-17)14-5-8-21-9-6-14/h5-6,8-9,12-13,15H,4,7,10-11H2,1-3H3,(H,22,26)(H,23,24,25)/t15-/m0/s1. The van der Waals surface area contributed by atoms with Gasteiger partial charge in [0.05, 0.1) is 0 Å². The first-order valence-electron chi connectivity index (χ1n) is 8.97. The molecule has 0 bridgehead atoms. The Hall–Kier alpha value is -2.25. The van der Waals surface area contributed by atoms with Crippen LogP contribution in [-0.2, 0) is 9.53 Å². The van der Waals surface area contributed by atoms with Gasteiger partial charge in [-0.1, -0.05) is 25.4 Å². The molecule has 0 saturated heterocycles. The van der Waals surface area contributed by atoms with Gasteiger partial charge < -0.3 is 15.4 Å². The molecule has 27 heavy (non-hydrogen) atoms. The normalized spacial score (nSPS) is 12.0. The van der Waals surface area contributed by atoms with Crippen molar-refractivity contribution in [3.63, 3.8) is 0 Å². The second-order valence-electron chi connectivity index (χ2n) is 6.60. The molecule has 2 aromatic heterocycles. The van der Waals surface area contributed by atoms with Crippen LogP contribution in [0.15, 0.2) is 30.6 Å². The zero-order chi connectivity index (χ0) is 19.6. The summed E-state index contributed by atoms with van der Waals surface area (Å²) >= 11 is 6.17. The molecular weight excluding hydrogens is 366 g/mol. The second-order valence-corrected chi connectivity index (χ2v) is 6.99. The van der Waals surface area contributed by atoms with Gasteiger partial charge in [-0.25, -0.2) is 9.97 Å². The molecule has 0 unspecified atom stereocenters. The predicted molar refractivity (Wildman–Crippen MR) is 107 cm³/mol. The molecule has 0 aliphatic rings.